The summed E-state index contributed by atoms with van der Waals surface area (Å²) in [5.74, 6) is -0.605. The van der Waals surface area contributed by atoms with Gasteiger partial charge in [0.25, 0.3) is 0 Å². The van der Waals surface area contributed by atoms with Crippen LogP contribution in [0, 0.1) is 5.92 Å². The first-order valence-electron chi connectivity index (χ1n) is 10.6. The lowest BCUT2D eigenvalue weighted by Crippen LogP contribution is -2.47. The van der Waals surface area contributed by atoms with Crippen LogP contribution in [0.25, 0.3) is 0 Å². The van der Waals surface area contributed by atoms with Crippen LogP contribution in [0.1, 0.15) is 53.4 Å². The highest BCUT2D eigenvalue weighted by Crippen LogP contribution is 2.24. The first-order chi connectivity index (χ1) is 13.5. The van der Waals surface area contributed by atoms with Gasteiger partial charge in [-0.2, -0.15) is 0 Å². The fraction of sp³-hybridized carbons (Fsp3) is 0.857. The van der Waals surface area contributed by atoms with E-state index in [2.05, 4.69) is 4.90 Å². The van der Waals surface area contributed by atoms with Crippen molar-refractivity contribution >= 4 is 18.0 Å². The predicted molar refractivity (Wildman–Crippen MR) is 109 cm³/mol. The summed E-state index contributed by atoms with van der Waals surface area (Å²) in [4.78, 5) is 42.3. The Hall–Kier alpha value is -1.83. The van der Waals surface area contributed by atoms with Crippen LogP contribution in [0.3, 0.4) is 0 Å². The number of urea groups is 1. The van der Waals surface area contributed by atoms with E-state index in [-0.39, 0.29) is 36.0 Å². The Labute approximate surface area is 174 Å². The Morgan fingerprint density at radius 2 is 1.69 bits per heavy atom. The van der Waals surface area contributed by atoms with Gasteiger partial charge in [-0.1, -0.05) is 0 Å². The molecular weight excluding hydrogens is 374 g/mol. The average Bonchev–Trinajstić information content (AvgIpc) is 3.12. The highest BCUT2D eigenvalue weighted by atomic mass is 16.6. The zero-order valence-electron chi connectivity index (χ0n) is 18.8. The van der Waals surface area contributed by atoms with Crippen LogP contribution >= 0.6 is 0 Å². The van der Waals surface area contributed by atoms with E-state index in [0.29, 0.717) is 32.5 Å². The smallest absolute Gasteiger partial charge is 0.323 e. The van der Waals surface area contributed by atoms with E-state index in [9.17, 15) is 14.4 Å². The molecule has 2 aliphatic heterocycles. The van der Waals surface area contributed by atoms with Gasteiger partial charge in [-0.05, 0) is 59.9 Å². The summed E-state index contributed by atoms with van der Waals surface area (Å²) in [6, 6.07) is -0.341. The van der Waals surface area contributed by atoms with Crippen molar-refractivity contribution in [1.29, 1.82) is 0 Å². The Morgan fingerprint density at radius 1 is 1.07 bits per heavy atom. The maximum absolute atomic E-state index is 12.5. The largest absolute Gasteiger partial charge is 0.464 e. The molecule has 0 aliphatic carbocycles. The molecule has 0 spiro atoms. The monoisotopic (exact) mass is 411 g/mol. The number of esters is 2. The maximum atomic E-state index is 12.5. The molecule has 0 aromatic heterocycles. The molecule has 0 unspecified atom stereocenters. The molecule has 2 heterocycles. The molecule has 2 aliphatic rings. The quantitative estimate of drug-likeness (QED) is 0.645. The van der Waals surface area contributed by atoms with Crippen molar-refractivity contribution in [1.82, 2.24) is 14.7 Å². The SMILES string of the molecule is C[C@@H](C(=O)OC(C)(C)C)N1CCC[C@@H]1COC(=O)C1CCN(C(=O)N(C)C)CC1. The summed E-state index contributed by atoms with van der Waals surface area (Å²) >= 11 is 0. The zero-order valence-corrected chi connectivity index (χ0v) is 18.8. The number of carbonyl (C=O) groups excluding carboxylic acids is 3. The van der Waals surface area contributed by atoms with Crippen LogP contribution in [-0.4, -0.2) is 90.7 Å². The van der Waals surface area contributed by atoms with E-state index < -0.39 is 5.60 Å². The molecular formula is C21H37N3O5. The molecule has 2 rings (SSSR count). The van der Waals surface area contributed by atoms with E-state index in [4.69, 9.17) is 9.47 Å². The maximum Gasteiger partial charge on any atom is 0.323 e. The predicted octanol–water partition coefficient (Wildman–Crippen LogP) is 2.12. The number of hydrogen-bond acceptors (Lipinski definition) is 6. The molecule has 2 fully saturated rings. The molecule has 0 aromatic carbocycles. The molecule has 2 amide bonds. The number of ether oxygens (including phenoxy) is 2. The van der Waals surface area contributed by atoms with Crippen molar-refractivity contribution in [3.05, 3.63) is 0 Å². The molecule has 2 saturated heterocycles. The zero-order chi connectivity index (χ0) is 21.8. The summed E-state index contributed by atoms with van der Waals surface area (Å²) in [7, 11) is 3.46. The third-order valence-electron chi connectivity index (χ3n) is 5.57. The first kappa shape index (κ1) is 23.4. The van der Waals surface area contributed by atoms with Gasteiger partial charge in [-0.3, -0.25) is 14.5 Å². The van der Waals surface area contributed by atoms with Crippen molar-refractivity contribution in [2.24, 2.45) is 5.92 Å². The minimum atomic E-state index is -0.518. The van der Waals surface area contributed by atoms with Gasteiger partial charge in [0, 0.05) is 33.2 Å². The van der Waals surface area contributed by atoms with E-state index in [1.54, 1.807) is 23.9 Å². The number of amides is 2. The number of carbonyl (C=O) groups is 3. The van der Waals surface area contributed by atoms with Crippen LogP contribution in [0.4, 0.5) is 4.79 Å². The fourth-order valence-electron chi connectivity index (χ4n) is 3.95. The molecule has 0 N–H and O–H groups in total. The molecule has 0 aromatic rings. The second-order valence-corrected chi connectivity index (χ2v) is 9.31. The average molecular weight is 412 g/mol. The van der Waals surface area contributed by atoms with E-state index in [1.165, 1.54) is 0 Å². The van der Waals surface area contributed by atoms with Gasteiger partial charge >= 0.3 is 18.0 Å². The lowest BCUT2D eigenvalue weighted by atomic mass is 9.97. The van der Waals surface area contributed by atoms with Gasteiger partial charge in [0.1, 0.15) is 18.2 Å². The highest BCUT2D eigenvalue weighted by Gasteiger charge is 2.36. The van der Waals surface area contributed by atoms with Crippen molar-refractivity contribution < 1.29 is 23.9 Å². The Bertz CT molecular complexity index is 594. The second-order valence-electron chi connectivity index (χ2n) is 9.31. The molecule has 8 heteroatoms. The first-order valence-corrected chi connectivity index (χ1v) is 10.6. The van der Waals surface area contributed by atoms with E-state index >= 15 is 0 Å². The van der Waals surface area contributed by atoms with Crippen molar-refractivity contribution in [3.63, 3.8) is 0 Å². The molecule has 0 radical (unpaired) electrons. The minimum Gasteiger partial charge on any atom is -0.464 e. The number of nitrogens with zero attached hydrogens (tertiary/aromatic N) is 3. The van der Waals surface area contributed by atoms with Crippen molar-refractivity contribution in [2.45, 2.75) is 71.1 Å². The minimum absolute atomic E-state index is 0.0189. The van der Waals surface area contributed by atoms with Crippen molar-refractivity contribution in [3.8, 4) is 0 Å². The normalized spacial score (nSPS) is 22.3. The Balaban J connectivity index is 1.80. The molecule has 2 atom stereocenters. The molecule has 0 bridgehead atoms. The highest BCUT2D eigenvalue weighted by molar-refractivity contribution is 5.76. The van der Waals surface area contributed by atoms with Gasteiger partial charge in [0.05, 0.1) is 5.92 Å². The summed E-state index contributed by atoms with van der Waals surface area (Å²) in [5, 5.41) is 0. The van der Waals surface area contributed by atoms with E-state index in [1.807, 2.05) is 27.7 Å². The fourth-order valence-corrected chi connectivity index (χ4v) is 3.95. The third kappa shape index (κ3) is 6.59. The number of rotatable bonds is 5. The van der Waals surface area contributed by atoms with Crippen LogP contribution in [-0.2, 0) is 19.1 Å². The lowest BCUT2D eigenvalue weighted by molar-refractivity contribution is -0.162. The Kier molecular flexibility index (Phi) is 7.91. The van der Waals surface area contributed by atoms with Gasteiger partial charge in [0.15, 0.2) is 0 Å². The van der Waals surface area contributed by atoms with Gasteiger partial charge < -0.3 is 19.3 Å². The van der Waals surface area contributed by atoms with Crippen LogP contribution in [0.15, 0.2) is 0 Å². The lowest BCUT2D eigenvalue weighted by Gasteiger charge is -2.33. The number of hydrogen-bond donors (Lipinski definition) is 0. The van der Waals surface area contributed by atoms with Crippen LogP contribution in [0.5, 0.6) is 0 Å². The van der Waals surface area contributed by atoms with E-state index in [0.717, 1.165) is 19.4 Å². The van der Waals surface area contributed by atoms with Gasteiger partial charge in [0.2, 0.25) is 0 Å². The summed E-state index contributed by atoms with van der Waals surface area (Å²) < 4.78 is 11.1. The standard InChI is InChI=1S/C21H37N3O5/c1-15(18(25)29-21(2,3)4)24-11-7-8-17(24)14-28-19(26)16-9-12-23(13-10-16)20(27)22(5)6/h15-17H,7-14H2,1-6H3/t15-,17+/m0/s1. The Morgan fingerprint density at radius 3 is 2.24 bits per heavy atom. The molecule has 8 nitrogen and oxygen atoms in total. The summed E-state index contributed by atoms with van der Waals surface area (Å²) in [6.07, 6.45) is 3.12. The second kappa shape index (κ2) is 9.78. The number of piperidine rings is 1. The molecule has 29 heavy (non-hydrogen) atoms. The van der Waals surface area contributed by atoms with Crippen LogP contribution in [0.2, 0.25) is 0 Å². The summed E-state index contributed by atoms with van der Waals surface area (Å²) in [5.41, 5.74) is -0.518. The van der Waals surface area contributed by atoms with Crippen molar-refractivity contribution in [2.75, 3.05) is 40.3 Å². The number of likely N-dealkylation sites (tertiary alicyclic amines) is 2. The third-order valence-corrected chi connectivity index (χ3v) is 5.57. The van der Waals surface area contributed by atoms with Gasteiger partial charge in [-0.25, -0.2) is 4.79 Å². The van der Waals surface area contributed by atoms with Crippen LogP contribution < -0.4 is 0 Å². The summed E-state index contributed by atoms with van der Waals surface area (Å²) in [6.45, 7) is 9.67. The topological polar surface area (TPSA) is 79.4 Å². The molecule has 0 saturated carbocycles. The molecule has 166 valence electrons. The van der Waals surface area contributed by atoms with Gasteiger partial charge in [-0.15, -0.1) is 0 Å².